The van der Waals surface area contributed by atoms with E-state index in [0.29, 0.717) is 0 Å². The standard InChI is InChI=1S/C58H71IN2/c1-13-17-19-45-33-39(5)55(40(6)34-45)60(47-24-20-43(15-3)21-25-47)49-28-30-51-52-31-29-50(38-54(52)58(11,12)57(9,10)53(51)37-49)61(48-26-22-44(16-4)23-27-48)56-41(7)35-46(36-42(56)8)59-32-18-14-2/h20-31,33-38,59H,13-19,32H2,1-12H3. The number of hydrogen-bond donors (Lipinski definition) is 0. The number of nitrogens with zero attached hydrogens (tertiary/aromatic N) is 2. The van der Waals surface area contributed by atoms with Crippen molar-refractivity contribution in [1.82, 2.24) is 0 Å². The van der Waals surface area contributed by atoms with Crippen molar-refractivity contribution in [2.24, 2.45) is 0 Å². The third-order valence-corrected chi connectivity index (χ3v) is 17.0. The summed E-state index contributed by atoms with van der Waals surface area (Å²) in [6.07, 6.45) is 8.23. The molecule has 2 nitrogen and oxygen atoms in total. The van der Waals surface area contributed by atoms with E-state index in [0.717, 1.165) is 19.3 Å². The van der Waals surface area contributed by atoms with Gasteiger partial charge in [-0.1, -0.05) is 44.5 Å². The maximum atomic E-state index is 2.54. The first kappa shape index (κ1) is 44.7. The molecule has 0 amide bonds. The minimum absolute atomic E-state index is 0.166. The number of aryl methyl sites for hydroxylation is 7. The molecule has 7 rings (SSSR count). The molecule has 6 aromatic rings. The minimum atomic E-state index is -0.188. The van der Waals surface area contributed by atoms with Crippen molar-refractivity contribution in [3.63, 3.8) is 0 Å². The number of rotatable bonds is 15. The topological polar surface area (TPSA) is 6.48 Å². The van der Waals surface area contributed by atoms with Crippen LogP contribution in [0.4, 0.5) is 34.1 Å². The molecule has 0 heterocycles. The predicted molar refractivity (Wildman–Crippen MR) is 277 cm³/mol. The Hall–Kier alpha value is -4.35. The van der Waals surface area contributed by atoms with E-state index in [9.17, 15) is 0 Å². The van der Waals surface area contributed by atoms with Gasteiger partial charge in [-0.15, -0.1) is 0 Å². The Kier molecular flexibility index (Phi) is 13.6. The van der Waals surface area contributed by atoms with E-state index < -0.39 is 0 Å². The van der Waals surface area contributed by atoms with Crippen LogP contribution in [0.5, 0.6) is 0 Å². The number of halogens is 1. The maximum absolute atomic E-state index is 2.54. The summed E-state index contributed by atoms with van der Waals surface area (Å²) in [5.41, 5.74) is 22.2. The Morgan fingerprint density at radius 2 is 0.836 bits per heavy atom. The summed E-state index contributed by atoms with van der Waals surface area (Å²) in [6.45, 7) is 28.2. The molecule has 0 atom stereocenters. The summed E-state index contributed by atoms with van der Waals surface area (Å²) in [4.78, 5) is 5.07. The van der Waals surface area contributed by atoms with E-state index >= 15 is 0 Å². The molecule has 3 heteroatoms. The Labute approximate surface area is 380 Å². The van der Waals surface area contributed by atoms with Crippen LogP contribution >= 0.6 is 21.2 Å². The summed E-state index contributed by atoms with van der Waals surface area (Å²) < 4.78 is 2.95. The molecule has 0 saturated heterocycles. The zero-order chi connectivity index (χ0) is 43.6. The van der Waals surface area contributed by atoms with Crippen LogP contribution in [0, 0.1) is 31.3 Å². The van der Waals surface area contributed by atoms with Crippen molar-refractivity contribution in [2.75, 3.05) is 14.2 Å². The second kappa shape index (κ2) is 18.6. The van der Waals surface area contributed by atoms with Gasteiger partial charge in [-0.3, -0.25) is 0 Å². The van der Waals surface area contributed by atoms with Gasteiger partial charge in [-0.25, -0.2) is 0 Å². The molecule has 320 valence electrons. The van der Waals surface area contributed by atoms with Gasteiger partial charge in [0.15, 0.2) is 0 Å². The van der Waals surface area contributed by atoms with Crippen LogP contribution in [-0.2, 0) is 30.1 Å². The fourth-order valence-electron chi connectivity index (χ4n) is 9.71. The van der Waals surface area contributed by atoms with Crippen LogP contribution in [0.3, 0.4) is 0 Å². The van der Waals surface area contributed by atoms with E-state index in [2.05, 4.69) is 202 Å². The molecule has 6 aromatic carbocycles. The van der Waals surface area contributed by atoms with Crippen molar-refractivity contribution >= 4 is 55.3 Å². The van der Waals surface area contributed by atoms with Gasteiger partial charge in [0.2, 0.25) is 0 Å². The van der Waals surface area contributed by atoms with Crippen LogP contribution < -0.4 is 9.80 Å². The molecular weight excluding hydrogens is 852 g/mol. The van der Waals surface area contributed by atoms with Crippen LogP contribution in [0.1, 0.15) is 131 Å². The molecule has 0 bridgehead atoms. The number of hydrogen-bond acceptors (Lipinski definition) is 2. The summed E-state index contributed by atoms with van der Waals surface area (Å²) in [5.74, 6) is 0. The van der Waals surface area contributed by atoms with Crippen molar-refractivity contribution in [1.29, 1.82) is 0 Å². The third kappa shape index (κ3) is 8.70. The summed E-state index contributed by atoms with van der Waals surface area (Å²) in [7, 11) is 0. The summed E-state index contributed by atoms with van der Waals surface area (Å²) >= 11 is -0.188. The quantitative estimate of drug-likeness (QED) is 0.0575. The Bertz CT molecular complexity index is 2440. The van der Waals surface area contributed by atoms with E-state index in [1.165, 1.54) is 125 Å². The van der Waals surface area contributed by atoms with E-state index in [1.54, 1.807) is 3.57 Å². The van der Waals surface area contributed by atoms with E-state index in [-0.39, 0.29) is 32.0 Å². The summed E-state index contributed by atoms with van der Waals surface area (Å²) in [5, 5.41) is 0. The van der Waals surface area contributed by atoms with Crippen molar-refractivity contribution < 1.29 is 0 Å². The number of alkyl halides is 1. The number of unbranched alkanes of at least 4 members (excludes halogenated alkanes) is 2. The second-order valence-corrected chi connectivity index (χ2v) is 22.0. The first-order valence-electron chi connectivity index (χ1n) is 23.2. The zero-order valence-electron chi connectivity index (χ0n) is 39.4. The van der Waals surface area contributed by atoms with Crippen LogP contribution in [0.25, 0.3) is 11.1 Å². The average Bonchev–Trinajstić information content (AvgIpc) is 3.25. The van der Waals surface area contributed by atoms with Crippen molar-refractivity contribution in [2.45, 2.75) is 139 Å². The van der Waals surface area contributed by atoms with Gasteiger partial charge in [0.25, 0.3) is 0 Å². The normalized spacial score (nSPS) is 13.8. The van der Waals surface area contributed by atoms with Gasteiger partial charge in [-0.05, 0) is 67.5 Å². The fraction of sp³-hybridized carbons (Fsp3) is 0.379. The molecule has 61 heavy (non-hydrogen) atoms. The molecule has 0 aliphatic heterocycles. The number of fused-ring (bicyclic) bond motifs is 3. The monoisotopic (exact) mass is 922 g/mol. The van der Waals surface area contributed by atoms with Crippen LogP contribution in [-0.4, -0.2) is 4.43 Å². The van der Waals surface area contributed by atoms with E-state index in [4.69, 9.17) is 0 Å². The molecule has 0 aromatic heterocycles. The van der Waals surface area contributed by atoms with Gasteiger partial charge < -0.3 is 4.90 Å². The molecule has 0 saturated carbocycles. The number of benzene rings is 6. The van der Waals surface area contributed by atoms with Gasteiger partial charge in [0, 0.05) is 11.4 Å². The molecule has 1 aliphatic carbocycles. The van der Waals surface area contributed by atoms with Crippen molar-refractivity contribution in [3.05, 3.63) is 163 Å². The third-order valence-electron chi connectivity index (χ3n) is 14.0. The molecule has 0 radical (unpaired) electrons. The Morgan fingerprint density at radius 3 is 1.23 bits per heavy atom. The molecular formula is C58H71IN2. The fourth-order valence-corrected chi connectivity index (χ4v) is 13.1. The molecule has 0 spiro atoms. The SMILES string of the molecule is CCCC[IH]c1cc(C)c(N(c2ccc(CC)cc2)c2ccc3c(c2)C(C)(C)C(C)(C)c2cc(N(c4ccc(CC)cc4)c4c(C)cc(CCCC)cc4C)ccc2-3)c(C)c1. The molecule has 1 aliphatic rings. The first-order chi connectivity index (χ1) is 29.2. The zero-order valence-corrected chi connectivity index (χ0v) is 41.7. The Morgan fingerprint density at radius 1 is 0.443 bits per heavy atom. The van der Waals surface area contributed by atoms with Crippen LogP contribution in [0.2, 0.25) is 0 Å². The van der Waals surface area contributed by atoms with Gasteiger partial charge in [0.1, 0.15) is 0 Å². The van der Waals surface area contributed by atoms with Gasteiger partial charge in [-0.2, -0.15) is 0 Å². The van der Waals surface area contributed by atoms with E-state index in [1.807, 2.05) is 0 Å². The van der Waals surface area contributed by atoms with Crippen molar-refractivity contribution in [3.8, 4) is 11.1 Å². The first-order valence-corrected chi connectivity index (χ1v) is 26.0. The Balaban J connectivity index is 1.38. The number of anilines is 6. The molecule has 0 N–H and O–H groups in total. The second-order valence-electron chi connectivity index (χ2n) is 18.7. The van der Waals surface area contributed by atoms with Gasteiger partial charge in [0.05, 0.1) is 5.69 Å². The molecule has 0 fully saturated rings. The predicted octanol–water partition coefficient (Wildman–Crippen LogP) is 17.2. The van der Waals surface area contributed by atoms with Gasteiger partial charge >= 0.3 is 248 Å². The molecule has 0 unspecified atom stereocenters. The van der Waals surface area contributed by atoms with Crippen LogP contribution in [0.15, 0.2) is 109 Å². The summed E-state index contributed by atoms with van der Waals surface area (Å²) in [6, 6.07) is 43.0. The average molecular weight is 923 g/mol.